The molecule has 0 fully saturated rings. The summed E-state index contributed by atoms with van der Waals surface area (Å²) in [6.07, 6.45) is 6.24. The van der Waals surface area contributed by atoms with Gasteiger partial charge in [-0.25, -0.2) is 5.43 Å². The van der Waals surface area contributed by atoms with Crippen LogP contribution in [0.5, 0.6) is 0 Å². The molecule has 0 spiro atoms. The molecule has 5 heteroatoms. The lowest BCUT2D eigenvalue weighted by atomic mass is 10.1. The summed E-state index contributed by atoms with van der Waals surface area (Å²) >= 11 is 11.8. The summed E-state index contributed by atoms with van der Waals surface area (Å²) in [4.78, 5) is 12.1. The molecule has 0 aliphatic rings. The second-order valence-electron chi connectivity index (χ2n) is 4.95. The Morgan fingerprint density at radius 2 is 1.76 bits per heavy atom. The number of benzene rings is 1. The highest BCUT2D eigenvalue weighted by Crippen LogP contribution is 2.20. The van der Waals surface area contributed by atoms with Crippen LogP contribution in [0.3, 0.4) is 0 Å². The maximum absolute atomic E-state index is 12.1. The van der Waals surface area contributed by atoms with E-state index in [-0.39, 0.29) is 5.91 Å². The van der Waals surface area contributed by atoms with Crippen LogP contribution in [0.1, 0.15) is 62.7 Å². The van der Waals surface area contributed by atoms with E-state index < -0.39 is 0 Å². The average molecular weight is 329 g/mol. The van der Waals surface area contributed by atoms with Crippen molar-refractivity contribution in [3.63, 3.8) is 0 Å². The van der Waals surface area contributed by atoms with Crippen LogP contribution in [0.25, 0.3) is 0 Å². The van der Waals surface area contributed by atoms with Crippen LogP contribution in [0, 0.1) is 0 Å². The normalized spacial score (nSPS) is 10.3. The summed E-state index contributed by atoms with van der Waals surface area (Å²) in [6.45, 7) is 4.28. The zero-order chi connectivity index (χ0) is 15.7. The van der Waals surface area contributed by atoms with E-state index in [2.05, 4.69) is 24.4 Å². The summed E-state index contributed by atoms with van der Waals surface area (Å²) in [5.41, 5.74) is 4.02. The highest BCUT2D eigenvalue weighted by Gasteiger charge is 2.10. The van der Waals surface area contributed by atoms with Gasteiger partial charge in [0.15, 0.2) is 0 Å². The number of carbonyl (C=O) groups is 1. The van der Waals surface area contributed by atoms with Crippen LogP contribution in [-0.2, 0) is 0 Å². The van der Waals surface area contributed by atoms with E-state index in [1.807, 2.05) is 0 Å². The summed E-state index contributed by atoms with van der Waals surface area (Å²) in [7, 11) is 0. The second kappa shape index (κ2) is 9.80. The van der Waals surface area contributed by atoms with Gasteiger partial charge in [-0.05, 0) is 43.9 Å². The molecule has 0 aliphatic heterocycles. The van der Waals surface area contributed by atoms with Crippen molar-refractivity contribution in [3.05, 3.63) is 33.8 Å². The Bertz CT molecular complexity index is 491. The SMILES string of the molecule is CCCCC(CCCC)=NNC(=O)c1ccc(Cl)cc1Cl. The van der Waals surface area contributed by atoms with E-state index in [1.54, 1.807) is 18.2 Å². The molecule has 1 aromatic rings. The van der Waals surface area contributed by atoms with Crippen LogP contribution < -0.4 is 5.43 Å². The maximum atomic E-state index is 12.1. The molecule has 1 rings (SSSR count). The Balaban J connectivity index is 2.71. The van der Waals surface area contributed by atoms with Crippen LogP contribution >= 0.6 is 23.2 Å². The van der Waals surface area contributed by atoms with Gasteiger partial charge in [0.1, 0.15) is 0 Å². The molecule has 0 aliphatic carbocycles. The number of amides is 1. The fourth-order valence-corrected chi connectivity index (χ4v) is 2.36. The van der Waals surface area contributed by atoms with Gasteiger partial charge in [0.05, 0.1) is 10.6 Å². The lowest BCUT2D eigenvalue weighted by Crippen LogP contribution is -2.20. The minimum Gasteiger partial charge on any atom is -0.267 e. The number of hydrazone groups is 1. The largest absolute Gasteiger partial charge is 0.272 e. The predicted octanol–water partition coefficient (Wildman–Crippen LogP) is 5.46. The monoisotopic (exact) mass is 328 g/mol. The Hall–Kier alpha value is -1.06. The number of hydrogen-bond donors (Lipinski definition) is 1. The lowest BCUT2D eigenvalue weighted by molar-refractivity contribution is 0.0955. The Kier molecular flexibility index (Phi) is 8.40. The minimum absolute atomic E-state index is 0.304. The van der Waals surface area contributed by atoms with Gasteiger partial charge in [0.2, 0.25) is 0 Å². The molecule has 1 aromatic carbocycles. The summed E-state index contributed by atoms with van der Waals surface area (Å²) in [6, 6.07) is 4.80. The third-order valence-electron chi connectivity index (χ3n) is 3.13. The van der Waals surface area contributed by atoms with Crippen LogP contribution in [0.2, 0.25) is 10.0 Å². The number of carbonyl (C=O) groups excluding carboxylic acids is 1. The molecule has 116 valence electrons. The highest BCUT2D eigenvalue weighted by atomic mass is 35.5. The van der Waals surface area contributed by atoms with Crippen molar-refractivity contribution in [2.24, 2.45) is 5.10 Å². The second-order valence-corrected chi connectivity index (χ2v) is 5.79. The highest BCUT2D eigenvalue weighted by molar-refractivity contribution is 6.36. The zero-order valence-electron chi connectivity index (χ0n) is 12.6. The summed E-state index contributed by atoms with van der Waals surface area (Å²) in [5.74, 6) is -0.304. The van der Waals surface area contributed by atoms with Crippen molar-refractivity contribution < 1.29 is 4.79 Å². The van der Waals surface area contributed by atoms with Gasteiger partial charge < -0.3 is 0 Å². The number of nitrogens with one attached hydrogen (secondary N) is 1. The minimum atomic E-state index is -0.304. The molecule has 0 unspecified atom stereocenters. The van der Waals surface area contributed by atoms with Gasteiger partial charge in [0.25, 0.3) is 5.91 Å². The van der Waals surface area contributed by atoms with Crippen molar-refractivity contribution >= 4 is 34.8 Å². The summed E-state index contributed by atoms with van der Waals surface area (Å²) < 4.78 is 0. The fraction of sp³-hybridized carbons (Fsp3) is 0.500. The van der Waals surface area contributed by atoms with E-state index in [0.717, 1.165) is 44.2 Å². The van der Waals surface area contributed by atoms with Gasteiger partial charge in [0, 0.05) is 10.7 Å². The average Bonchev–Trinajstić information content (AvgIpc) is 2.46. The number of hydrogen-bond acceptors (Lipinski definition) is 2. The van der Waals surface area contributed by atoms with Gasteiger partial charge in [-0.15, -0.1) is 0 Å². The molecular weight excluding hydrogens is 307 g/mol. The molecule has 1 N–H and O–H groups in total. The molecule has 3 nitrogen and oxygen atoms in total. The smallest absolute Gasteiger partial charge is 0.267 e. The van der Waals surface area contributed by atoms with Crippen LogP contribution in [0.4, 0.5) is 0 Å². The van der Waals surface area contributed by atoms with Crippen molar-refractivity contribution in [3.8, 4) is 0 Å². The fourth-order valence-electron chi connectivity index (χ4n) is 1.86. The van der Waals surface area contributed by atoms with E-state index in [1.165, 1.54) is 0 Å². The van der Waals surface area contributed by atoms with Crippen molar-refractivity contribution in [2.75, 3.05) is 0 Å². The molecule has 0 heterocycles. The number of rotatable bonds is 8. The van der Waals surface area contributed by atoms with Gasteiger partial charge >= 0.3 is 0 Å². The molecule has 0 atom stereocenters. The Labute approximate surface area is 136 Å². The van der Waals surface area contributed by atoms with Crippen LogP contribution in [-0.4, -0.2) is 11.6 Å². The van der Waals surface area contributed by atoms with Crippen LogP contribution in [0.15, 0.2) is 23.3 Å². The first-order valence-electron chi connectivity index (χ1n) is 7.39. The third-order valence-corrected chi connectivity index (χ3v) is 3.68. The molecule has 1 amide bonds. The first-order chi connectivity index (χ1) is 10.1. The van der Waals surface area contributed by atoms with Gasteiger partial charge in [-0.2, -0.15) is 5.10 Å². The molecule has 0 saturated heterocycles. The Morgan fingerprint density at radius 3 is 2.29 bits per heavy atom. The molecule has 21 heavy (non-hydrogen) atoms. The standard InChI is InChI=1S/C16H22Cl2N2O/c1-3-5-7-13(8-6-4-2)19-20-16(21)14-10-9-12(17)11-15(14)18/h9-11H,3-8H2,1-2H3,(H,20,21). The number of unbranched alkanes of at least 4 members (excludes halogenated alkanes) is 2. The third kappa shape index (κ3) is 6.49. The first-order valence-corrected chi connectivity index (χ1v) is 8.14. The van der Waals surface area contributed by atoms with Crippen molar-refractivity contribution in [1.82, 2.24) is 5.43 Å². The quantitative estimate of drug-likeness (QED) is 0.499. The van der Waals surface area contributed by atoms with E-state index >= 15 is 0 Å². The molecular formula is C16H22Cl2N2O. The summed E-state index contributed by atoms with van der Waals surface area (Å²) in [5, 5.41) is 5.10. The van der Waals surface area contributed by atoms with Gasteiger partial charge in [-0.3, -0.25) is 4.79 Å². The topological polar surface area (TPSA) is 41.5 Å². The van der Waals surface area contributed by atoms with E-state index in [9.17, 15) is 4.79 Å². The lowest BCUT2D eigenvalue weighted by Gasteiger charge is -2.07. The van der Waals surface area contributed by atoms with Crippen molar-refractivity contribution in [1.29, 1.82) is 0 Å². The maximum Gasteiger partial charge on any atom is 0.272 e. The predicted molar refractivity (Wildman–Crippen MR) is 90.4 cm³/mol. The molecule has 0 saturated carbocycles. The molecule has 0 radical (unpaired) electrons. The van der Waals surface area contributed by atoms with Gasteiger partial charge in [-0.1, -0.05) is 49.9 Å². The molecule has 0 aromatic heterocycles. The number of halogens is 2. The zero-order valence-corrected chi connectivity index (χ0v) is 14.1. The number of nitrogens with zero attached hydrogens (tertiary/aromatic N) is 1. The van der Waals surface area contributed by atoms with E-state index in [0.29, 0.717) is 15.6 Å². The Morgan fingerprint density at radius 1 is 1.14 bits per heavy atom. The van der Waals surface area contributed by atoms with Crippen molar-refractivity contribution in [2.45, 2.75) is 52.4 Å². The molecule has 0 bridgehead atoms. The first kappa shape index (κ1) is 18.0. The van der Waals surface area contributed by atoms with E-state index in [4.69, 9.17) is 23.2 Å².